The van der Waals surface area contributed by atoms with E-state index in [4.69, 9.17) is 0 Å². The number of aryl methyl sites for hydroxylation is 1. The molecular formula is C28H36N4O. The summed E-state index contributed by atoms with van der Waals surface area (Å²) < 4.78 is 0. The molecule has 1 atom stereocenters. The molecule has 1 unspecified atom stereocenters. The molecule has 1 N–H and O–H groups in total. The van der Waals surface area contributed by atoms with Gasteiger partial charge in [0.25, 0.3) is 5.91 Å². The maximum absolute atomic E-state index is 13.0. The fourth-order valence-electron chi connectivity index (χ4n) is 4.60. The van der Waals surface area contributed by atoms with Crippen LogP contribution in [-0.4, -0.2) is 48.1 Å². The van der Waals surface area contributed by atoms with E-state index in [1.165, 1.54) is 18.4 Å². The molecule has 1 saturated heterocycles. The lowest BCUT2D eigenvalue weighted by atomic mass is 10.1. The first-order valence-electron chi connectivity index (χ1n) is 12.2. The zero-order chi connectivity index (χ0) is 23.2. The first-order valence-corrected chi connectivity index (χ1v) is 12.2. The largest absolute Gasteiger partial charge is 0.328 e. The predicted octanol–water partition coefficient (Wildman–Crippen LogP) is 5.40. The molecule has 5 heteroatoms. The highest BCUT2D eigenvalue weighted by molar-refractivity contribution is 6.04. The Morgan fingerprint density at radius 1 is 1.03 bits per heavy atom. The Labute approximate surface area is 198 Å². The van der Waals surface area contributed by atoms with Crippen molar-refractivity contribution in [2.24, 2.45) is 0 Å². The third kappa shape index (κ3) is 5.55. The van der Waals surface area contributed by atoms with Gasteiger partial charge in [0.15, 0.2) is 0 Å². The molecule has 174 valence electrons. The van der Waals surface area contributed by atoms with Gasteiger partial charge >= 0.3 is 0 Å². The maximum Gasteiger partial charge on any atom is 0.255 e. The van der Waals surface area contributed by atoms with Gasteiger partial charge in [0.05, 0.1) is 0 Å². The Morgan fingerprint density at radius 2 is 1.76 bits per heavy atom. The van der Waals surface area contributed by atoms with Crippen molar-refractivity contribution >= 4 is 17.3 Å². The molecule has 2 aliphatic heterocycles. The Bertz CT molecular complexity index is 1000. The molecule has 2 aliphatic rings. The molecule has 33 heavy (non-hydrogen) atoms. The molecule has 0 aliphatic carbocycles. The number of anilines is 2. The highest BCUT2D eigenvalue weighted by atomic mass is 16.1. The quantitative estimate of drug-likeness (QED) is 0.592. The molecule has 4 rings (SSSR count). The Morgan fingerprint density at radius 3 is 2.45 bits per heavy atom. The lowest BCUT2D eigenvalue weighted by Gasteiger charge is -2.37. The molecular weight excluding hydrogens is 408 g/mol. The summed E-state index contributed by atoms with van der Waals surface area (Å²) in [6, 6.07) is 14.3. The number of nitrogens with one attached hydrogen (secondary N) is 1. The number of rotatable bonds is 8. The molecule has 1 amide bonds. The van der Waals surface area contributed by atoms with E-state index in [1.54, 1.807) is 0 Å². The number of hydrogen-bond acceptors (Lipinski definition) is 4. The van der Waals surface area contributed by atoms with Crippen LogP contribution in [0.2, 0.25) is 0 Å². The van der Waals surface area contributed by atoms with Gasteiger partial charge in [-0.15, -0.1) is 0 Å². The minimum atomic E-state index is -0.0742. The first-order chi connectivity index (χ1) is 16.1. The number of carbonyl (C=O) groups is 1. The van der Waals surface area contributed by atoms with Crippen molar-refractivity contribution in [3.8, 4) is 0 Å². The predicted molar refractivity (Wildman–Crippen MR) is 138 cm³/mol. The number of benzene rings is 2. The summed E-state index contributed by atoms with van der Waals surface area (Å²) in [5.41, 5.74) is 4.90. The van der Waals surface area contributed by atoms with Crippen LogP contribution < -0.4 is 10.2 Å². The van der Waals surface area contributed by atoms with Gasteiger partial charge in [-0.1, -0.05) is 38.1 Å². The summed E-state index contributed by atoms with van der Waals surface area (Å²) in [4.78, 5) is 20.2. The van der Waals surface area contributed by atoms with E-state index >= 15 is 0 Å². The standard InChI is InChI=1S/C28H36N4O/c1-4-30(5-2)21-23-12-14-24(15-13-23)28(33)29-26-20-25(16-11-22(26)3)32-19-7-6-10-27(32)31-17-8-9-18-31/h6-7,10-16,19-20,27H,4-5,8-9,17-18,21H2,1-3H3,(H,29,33). The van der Waals surface area contributed by atoms with Crippen LogP contribution in [0, 0.1) is 6.92 Å². The average Bonchev–Trinajstić information content (AvgIpc) is 3.39. The van der Waals surface area contributed by atoms with Crippen molar-refractivity contribution in [3.63, 3.8) is 0 Å². The van der Waals surface area contributed by atoms with Gasteiger partial charge < -0.3 is 10.2 Å². The summed E-state index contributed by atoms with van der Waals surface area (Å²) in [5, 5.41) is 3.14. The summed E-state index contributed by atoms with van der Waals surface area (Å²) in [7, 11) is 0. The van der Waals surface area contributed by atoms with E-state index in [1.807, 2.05) is 19.1 Å². The van der Waals surface area contributed by atoms with Gasteiger partial charge in [0, 0.05) is 42.8 Å². The van der Waals surface area contributed by atoms with Crippen molar-refractivity contribution in [1.29, 1.82) is 0 Å². The molecule has 0 bridgehead atoms. The Kier molecular flexibility index (Phi) is 7.63. The van der Waals surface area contributed by atoms with E-state index in [0.29, 0.717) is 5.56 Å². The van der Waals surface area contributed by atoms with Crippen molar-refractivity contribution in [2.45, 2.75) is 46.3 Å². The van der Waals surface area contributed by atoms with Crippen LogP contribution in [0.15, 0.2) is 66.9 Å². The van der Waals surface area contributed by atoms with Crippen molar-refractivity contribution in [3.05, 3.63) is 83.6 Å². The molecule has 2 heterocycles. The second-order valence-electron chi connectivity index (χ2n) is 8.90. The van der Waals surface area contributed by atoms with Crippen molar-refractivity contribution in [2.75, 3.05) is 36.4 Å². The van der Waals surface area contributed by atoms with Gasteiger partial charge in [-0.3, -0.25) is 14.6 Å². The normalized spacial score (nSPS) is 18.3. The minimum absolute atomic E-state index is 0.0742. The van der Waals surface area contributed by atoms with Crippen LogP contribution in [0.3, 0.4) is 0 Å². The topological polar surface area (TPSA) is 38.8 Å². The van der Waals surface area contributed by atoms with Gasteiger partial charge in [0.2, 0.25) is 0 Å². The highest BCUT2D eigenvalue weighted by Gasteiger charge is 2.26. The van der Waals surface area contributed by atoms with Crippen LogP contribution in [0.5, 0.6) is 0 Å². The fourth-order valence-corrected chi connectivity index (χ4v) is 4.60. The SMILES string of the molecule is CCN(CC)Cc1ccc(C(=O)Nc2cc(N3C=CC=CC3N3CCCC3)ccc2C)cc1. The van der Waals surface area contributed by atoms with Crippen molar-refractivity contribution in [1.82, 2.24) is 9.80 Å². The number of nitrogens with zero attached hydrogens (tertiary/aromatic N) is 3. The van der Waals surface area contributed by atoms with E-state index in [0.717, 1.165) is 49.7 Å². The Balaban J connectivity index is 1.48. The second-order valence-corrected chi connectivity index (χ2v) is 8.90. The van der Waals surface area contributed by atoms with Gasteiger partial charge in [-0.2, -0.15) is 0 Å². The number of carbonyl (C=O) groups excluding carboxylic acids is 1. The highest BCUT2D eigenvalue weighted by Crippen LogP contribution is 2.29. The average molecular weight is 445 g/mol. The molecule has 0 radical (unpaired) electrons. The van der Waals surface area contributed by atoms with E-state index in [9.17, 15) is 4.79 Å². The van der Waals surface area contributed by atoms with E-state index in [-0.39, 0.29) is 12.1 Å². The maximum atomic E-state index is 13.0. The third-order valence-corrected chi connectivity index (χ3v) is 6.73. The van der Waals surface area contributed by atoms with Crippen molar-refractivity contribution < 1.29 is 4.79 Å². The summed E-state index contributed by atoms with van der Waals surface area (Å²) in [5.74, 6) is -0.0742. The molecule has 2 aromatic rings. The van der Waals surface area contributed by atoms with Crippen LogP contribution >= 0.6 is 0 Å². The molecule has 0 aromatic heterocycles. The number of likely N-dealkylation sites (tertiary alicyclic amines) is 1. The van der Waals surface area contributed by atoms with Crippen LogP contribution in [0.1, 0.15) is 48.2 Å². The molecule has 2 aromatic carbocycles. The first kappa shape index (κ1) is 23.3. The van der Waals surface area contributed by atoms with Crippen LogP contribution in [0.25, 0.3) is 0 Å². The summed E-state index contributed by atoms with van der Waals surface area (Å²) in [6.07, 6.45) is 11.3. The Hall–Kier alpha value is -2.89. The molecule has 0 saturated carbocycles. The number of amides is 1. The van der Waals surface area contributed by atoms with E-state index in [2.05, 4.69) is 88.6 Å². The third-order valence-electron chi connectivity index (χ3n) is 6.73. The molecule has 0 spiro atoms. The van der Waals surface area contributed by atoms with Crippen LogP contribution in [0.4, 0.5) is 11.4 Å². The molecule has 1 fully saturated rings. The number of allylic oxidation sites excluding steroid dienone is 2. The lowest BCUT2D eigenvalue weighted by Crippen LogP contribution is -2.44. The second kappa shape index (κ2) is 10.8. The molecule has 5 nitrogen and oxygen atoms in total. The zero-order valence-electron chi connectivity index (χ0n) is 20.1. The van der Waals surface area contributed by atoms with Gasteiger partial charge in [0.1, 0.15) is 6.17 Å². The number of hydrogen-bond donors (Lipinski definition) is 1. The lowest BCUT2D eigenvalue weighted by molar-refractivity contribution is 0.102. The van der Waals surface area contributed by atoms with Gasteiger partial charge in [-0.25, -0.2) is 0 Å². The summed E-state index contributed by atoms with van der Waals surface area (Å²) >= 11 is 0. The van der Waals surface area contributed by atoms with E-state index < -0.39 is 0 Å². The smallest absolute Gasteiger partial charge is 0.255 e. The minimum Gasteiger partial charge on any atom is -0.328 e. The monoisotopic (exact) mass is 444 g/mol. The zero-order valence-corrected chi connectivity index (χ0v) is 20.1. The van der Waals surface area contributed by atoms with Gasteiger partial charge in [-0.05, 0) is 80.4 Å². The fraction of sp³-hybridized carbons (Fsp3) is 0.393. The summed E-state index contributed by atoms with van der Waals surface area (Å²) in [6.45, 7) is 11.6. The van der Waals surface area contributed by atoms with Crippen LogP contribution in [-0.2, 0) is 6.54 Å².